The molecule has 0 unspecified atom stereocenters. The van der Waals surface area contributed by atoms with Crippen molar-refractivity contribution < 1.29 is 8.68 Å². The van der Waals surface area contributed by atoms with Crippen molar-refractivity contribution in [3.8, 4) is 11.4 Å². The molecule has 0 saturated heterocycles. The summed E-state index contributed by atoms with van der Waals surface area (Å²) in [6.45, 7) is -1.71. The first-order chi connectivity index (χ1) is 11.1. The van der Waals surface area contributed by atoms with Gasteiger partial charge in [-0.15, -0.1) is 0 Å². The van der Waals surface area contributed by atoms with Crippen molar-refractivity contribution >= 4 is 16.6 Å². The van der Waals surface area contributed by atoms with Gasteiger partial charge in [-0.3, -0.25) is 4.98 Å². The van der Waals surface area contributed by atoms with Crippen molar-refractivity contribution in [3.63, 3.8) is 0 Å². The molecule has 0 amide bonds. The lowest BCUT2D eigenvalue weighted by molar-refractivity contribution is -0.633. The zero-order valence-electron chi connectivity index (χ0n) is 13.5. The van der Waals surface area contributed by atoms with Crippen LogP contribution in [-0.2, 0) is 13.5 Å². The van der Waals surface area contributed by atoms with Gasteiger partial charge in [0, 0.05) is 12.4 Å². The van der Waals surface area contributed by atoms with Crippen LogP contribution in [0, 0.1) is 0 Å². The van der Waals surface area contributed by atoms with Crippen LogP contribution in [0.25, 0.3) is 27.9 Å². The molecule has 96 valence electrons. The molecule has 0 bridgehead atoms. The van der Waals surface area contributed by atoms with Crippen molar-refractivity contribution in [2.75, 3.05) is 0 Å². The molecule has 20 heavy (non-hydrogen) atoms. The highest BCUT2D eigenvalue weighted by molar-refractivity contribution is 5.91. The molecule has 0 fully saturated rings. The second-order valence-electron chi connectivity index (χ2n) is 4.96. The molecule has 1 aliphatic heterocycles. The second-order valence-corrected chi connectivity index (χ2v) is 4.96. The molecule has 0 aliphatic carbocycles. The summed E-state index contributed by atoms with van der Waals surface area (Å²) in [5, 5.41) is 4.28. The van der Waals surface area contributed by atoms with Gasteiger partial charge >= 0.3 is 0 Å². The molecule has 1 aliphatic rings. The lowest BCUT2D eigenvalue weighted by atomic mass is 10.2. The molecule has 5 rings (SSSR count). The third-order valence-electron chi connectivity index (χ3n) is 3.93. The maximum Gasteiger partial charge on any atom is 0.292 e. The highest BCUT2D eigenvalue weighted by Crippen LogP contribution is 2.33. The minimum absolute atomic E-state index is 0.571. The van der Waals surface area contributed by atoms with Crippen molar-refractivity contribution in [2.24, 2.45) is 6.98 Å². The fourth-order valence-electron chi connectivity index (χ4n) is 3.09. The summed E-state index contributed by atoms with van der Waals surface area (Å²) >= 11 is 0. The van der Waals surface area contributed by atoms with E-state index in [2.05, 4.69) is 10.1 Å². The van der Waals surface area contributed by atoms with E-state index in [-0.39, 0.29) is 0 Å². The van der Waals surface area contributed by atoms with Gasteiger partial charge in [-0.05, 0) is 24.3 Å². The van der Waals surface area contributed by atoms with E-state index in [1.54, 1.807) is 16.9 Å². The second kappa shape index (κ2) is 3.25. The lowest BCUT2D eigenvalue weighted by Crippen LogP contribution is -2.29. The van der Waals surface area contributed by atoms with Crippen LogP contribution in [0.2, 0.25) is 0 Å². The zero-order valence-corrected chi connectivity index (χ0v) is 10.5. The van der Waals surface area contributed by atoms with Gasteiger partial charge in [0.15, 0.2) is 5.52 Å². The molecule has 0 atom stereocenters. The first-order valence-corrected chi connectivity index (χ1v) is 6.41. The quantitative estimate of drug-likeness (QED) is 0.398. The average Bonchev–Trinajstić information content (AvgIpc) is 3.13. The van der Waals surface area contributed by atoms with Gasteiger partial charge in [0.05, 0.1) is 28.5 Å². The molecular weight excluding hydrogens is 250 g/mol. The summed E-state index contributed by atoms with van der Waals surface area (Å²) in [5.41, 5.74) is 4.09. The van der Waals surface area contributed by atoms with E-state index in [1.807, 2.05) is 35.0 Å². The summed E-state index contributed by atoms with van der Waals surface area (Å²) in [6, 6.07) is 7.47. The van der Waals surface area contributed by atoms with Gasteiger partial charge in [-0.2, -0.15) is 5.10 Å². The Hall–Kier alpha value is -2.69. The highest BCUT2D eigenvalue weighted by atomic mass is 15.3. The Balaban J connectivity index is 2.01. The molecule has 0 saturated carbocycles. The number of aryl methyl sites for hydroxylation is 1. The minimum atomic E-state index is -2.28. The number of rotatable bonds is 0. The van der Waals surface area contributed by atoms with Gasteiger partial charge in [0.1, 0.15) is 12.1 Å². The van der Waals surface area contributed by atoms with Gasteiger partial charge in [0.25, 0.3) is 5.82 Å². The number of hydrogen-bond donors (Lipinski definition) is 0. The van der Waals surface area contributed by atoms with Crippen molar-refractivity contribution in [1.29, 1.82) is 0 Å². The Morgan fingerprint density at radius 1 is 1.25 bits per heavy atom. The summed E-state index contributed by atoms with van der Waals surface area (Å²) in [7, 11) is 0. The number of hydrogen-bond acceptors (Lipinski definition) is 2. The number of aromatic nitrogens is 5. The van der Waals surface area contributed by atoms with Gasteiger partial charge in [0.2, 0.25) is 5.52 Å². The van der Waals surface area contributed by atoms with E-state index >= 15 is 0 Å². The lowest BCUT2D eigenvalue weighted by Gasteiger charge is -1.95. The van der Waals surface area contributed by atoms with Crippen molar-refractivity contribution in [3.05, 3.63) is 48.5 Å². The SMILES string of the molecule is [2H]C([2H])([2H])[n+]1c2n(c3cn4ncccc4c31)Cc1ncccc1-2. The first-order valence-electron chi connectivity index (χ1n) is 7.91. The predicted molar refractivity (Wildman–Crippen MR) is 74.2 cm³/mol. The fraction of sp³-hybridized carbons (Fsp3) is 0.133. The predicted octanol–water partition coefficient (Wildman–Crippen LogP) is 1.54. The topological polar surface area (TPSA) is 39.0 Å². The maximum atomic E-state index is 8.03. The molecular formula is C15H12N5+. The smallest absolute Gasteiger partial charge is 0.256 e. The average molecular weight is 265 g/mol. The number of fused-ring (bicyclic) bond motifs is 7. The number of nitrogens with zero attached hydrogens (tertiary/aromatic N) is 5. The van der Waals surface area contributed by atoms with Gasteiger partial charge < -0.3 is 0 Å². The molecule has 0 aromatic carbocycles. The fourth-order valence-corrected chi connectivity index (χ4v) is 3.09. The Kier molecular flexibility index (Phi) is 1.27. The Morgan fingerprint density at radius 3 is 3.15 bits per heavy atom. The maximum absolute atomic E-state index is 8.03. The van der Waals surface area contributed by atoms with Crippen LogP contribution in [-0.4, -0.2) is 19.2 Å². The van der Waals surface area contributed by atoms with Crippen LogP contribution >= 0.6 is 0 Å². The van der Waals surface area contributed by atoms with E-state index in [9.17, 15) is 0 Å². The van der Waals surface area contributed by atoms with Gasteiger partial charge in [-0.1, -0.05) is 0 Å². The van der Waals surface area contributed by atoms with E-state index in [0.717, 1.165) is 22.3 Å². The molecule has 4 aromatic heterocycles. The third kappa shape index (κ3) is 1.02. The van der Waals surface area contributed by atoms with Crippen LogP contribution in [0.4, 0.5) is 0 Å². The summed E-state index contributed by atoms with van der Waals surface area (Å²) in [4.78, 5) is 4.39. The van der Waals surface area contributed by atoms with Crippen LogP contribution < -0.4 is 4.57 Å². The van der Waals surface area contributed by atoms with E-state index in [4.69, 9.17) is 4.11 Å². The Bertz CT molecular complexity index is 1090. The van der Waals surface area contributed by atoms with Crippen LogP contribution in [0.5, 0.6) is 0 Å². The molecule has 0 N–H and O–H groups in total. The molecule has 5 heteroatoms. The Labute approximate surface area is 118 Å². The summed E-state index contributed by atoms with van der Waals surface area (Å²) in [6.07, 6.45) is 5.30. The van der Waals surface area contributed by atoms with Crippen LogP contribution in [0.1, 0.15) is 9.81 Å². The molecule has 0 radical (unpaired) electrons. The van der Waals surface area contributed by atoms with Gasteiger partial charge in [-0.25, -0.2) is 13.6 Å². The summed E-state index contributed by atoms with van der Waals surface area (Å²) in [5.74, 6) is 0.685. The highest BCUT2D eigenvalue weighted by Gasteiger charge is 2.34. The van der Waals surface area contributed by atoms with Crippen molar-refractivity contribution in [1.82, 2.24) is 19.2 Å². The molecule has 0 spiro atoms. The van der Waals surface area contributed by atoms with E-state index in [0.29, 0.717) is 17.9 Å². The third-order valence-corrected chi connectivity index (χ3v) is 3.93. The zero-order chi connectivity index (χ0) is 15.8. The summed E-state index contributed by atoms with van der Waals surface area (Å²) < 4.78 is 29.2. The standard InChI is InChI=1S/C15H12N5/c1-18-14-12-5-3-7-17-20(12)9-13(14)19-8-11-10(15(18)19)4-2-6-16-11/h2-7,9H,8H2,1H3/q+1/i1D3. The number of imidazole rings is 1. The largest absolute Gasteiger partial charge is 0.292 e. The van der Waals surface area contributed by atoms with Crippen molar-refractivity contribution in [2.45, 2.75) is 6.54 Å². The first kappa shape index (κ1) is 7.79. The molecule has 4 aromatic rings. The monoisotopic (exact) mass is 265 g/mol. The molecule has 5 heterocycles. The van der Waals surface area contributed by atoms with Crippen LogP contribution in [0.15, 0.2) is 42.9 Å². The van der Waals surface area contributed by atoms with E-state index in [1.165, 1.54) is 4.57 Å². The number of pyridine rings is 1. The van der Waals surface area contributed by atoms with Crippen LogP contribution in [0.3, 0.4) is 0 Å². The molecule has 5 nitrogen and oxygen atoms in total. The minimum Gasteiger partial charge on any atom is -0.256 e. The Morgan fingerprint density at radius 2 is 2.20 bits per heavy atom. The van der Waals surface area contributed by atoms with E-state index < -0.39 is 6.98 Å². The normalized spacial score (nSPS) is 15.9.